The zero-order valence-electron chi connectivity index (χ0n) is 10.5. The quantitative estimate of drug-likeness (QED) is 0.746. The van der Waals surface area contributed by atoms with Crippen molar-refractivity contribution in [2.75, 3.05) is 6.54 Å². The van der Waals surface area contributed by atoms with Gasteiger partial charge < -0.3 is 10.6 Å². The van der Waals surface area contributed by atoms with Crippen LogP contribution in [0.25, 0.3) is 0 Å². The number of hydrogen-bond acceptors (Lipinski definition) is 2. The monoisotopic (exact) mass is 224 g/mol. The molecule has 3 nitrogen and oxygen atoms in total. The number of carbonyl (C=O) groups excluding carboxylic acids is 1. The van der Waals surface area contributed by atoms with Crippen molar-refractivity contribution >= 4 is 5.91 Å². The molecule has 2 saturated carbocycles. The molecule has 0 radical (unpaired) electrons. The molecule has 1 amide bonds. The molecule has 2 fully saturated rings. The van der Waals surface area contributed by atoms with Crippen LogP contribution in [-0.4, -0.2) is 24.5 Å². The molecular formula is C13H24N2O. The van der Waals surface area contributed by atoms with Gasteiger partial charge in [-0.25, -0.2) is 0 Å². The Morgan fingerprint density at radius 3 is 2.69 bits per heavy atom. The molecule has 2 aliphatic rings. The largest absolute Gasteiger partial charge is 0.354 e. The number of hydrogen-bond donors (Lipinski definition) is 2. The molecule has 2 bridgehead atoms. The highest BCUT2D eigenvalue weighted by atomic mass is 16.1. The lowest BCUT2D eigenvalue weighted by atomic mass is 9.95. The lowest BCUT2D eigenvalue weighted by Crippen LogP contribution is -2.38. The van der Waals surface area contributed by atoms with Crippen LogP contribution in [0.3, 0.4) is 0 Å². The highest BCUT2D eigenvalue weighted by Crippen LogP contribution is 2.44. The van der Waals surface area contributed by atoms with Crippen LogP contribution in [0.15, 0.2) is 0 Å². The van der Waals surface area contributed by atoms with Crippen LogP contribution < -0.4 is 10.6 Å². The molecule has 0 aromatic rings. The molecule has 0 aliphatic heterocycles. The van der Waals surface area contributed by atoms with Crippen LogP contribution in [0.2, 0.25) is 0 Å². The standard InChI is InChI=1S/C13H24N2O/c1-9(2)15-13(16)5-6-14-12-8-10-3-4-11(12)7-10/h9-12,14H,3-8H2,1-2H3,(H,15,16). The van der Waals surface area contributed by atoms with Gasteiger partial charge in [-0.1, -0.05) is 6.42 Å². The van der Waals surface area contributed by atoms with Crippen molar-refractivity contribution in [1.29, 1.82) is 0 Å². The van der Waals surface area contributed by atoms with Gasteiger partial charge in [-0.15, -0.1) is 0 Å². The van der Waals surface area contributed by atoms with Crippen molar-refractivity contribution < 1.29 is 4.79 Å². The first-order valence-corrected chi connectivity index (χ1v) is 6.68. The van der Waals surface area contributed by atoms with Gasteiger partial charge in [0.1, 0.15) is 0 Å². The summed E-state index contributed by atoms with van der Waals surface area (Å²) in [5.74, 6) is 2.05. The van der Waals surface area contributed by atoms with E-state index < -0.39 is 0 Å². The van der Waals surface area contributed by atoms with E-state index in [0.29, 0.717) is 12.5 Å². The minimum Gasteiger partial charge on any atom is -0.354 e. The number of nitrogens with one attached hydrogen (secondary N) is 2. The molecule has 2 N–H and O–H groups in total. The average Bonchev–Trinajstić information content (AvgIpc) is 2.77. The zero-order chi connectivity index (χ0) is 11.5. The summed E-state index contributed by atoms with van der Waals surface area (Å²) in [5.41, 5.74) is 0. The SMILES string of the molecule is CC(C)NC(=O)CCNC1CC2CCC1C2. The van der Waals surface area contributed by atoms with E-state index in [1.807, 2.05) is 13.8 Å². The van der Waals surface area contributed by atoms with Crippen LogP contribution in [0.5, 0.6) is 0 Å². The first-order valence-electron chi connectivity index (χ1n) is 6.68. The molecule has 2 aliphatic carbocycles. The molecule has 2 rings (SSSR count). The fourth-order valence-electron chi connectivity index (χ4n) is 3.26. The average molecular weight is 224 g/mol. The van der Waals surface area contributed by atoms with Crippen LogP contribution in [-0.2, 0) is 4.79 Å². The molecule has 3 atom stereocenters. The Morgan fingerprint density at radius 1 is 1.31 bits per heavy atom. The molecule has 16 heavy (non-hydrogen) atoms. The Labute approximate surface area is 98.4 Å². The third-order valence-corrected chi connectivity index (χ3v) is 3.95. The van der Waals surface area contributed by atoms with Gasteiger partial charge >= 0.3 is 0 Å². The second-order valence-corrected chi connectivity index (χ2v) is 5.71. The Morgan fingerprint density at radius 2 is 2.12 bits per heavy atom. The number of fused-ring (bicyclic) bond motifs is 2. The maximum Gasteiger partial charge on any atom is 0.221 e. The van der Waals surface area contributed by atoms with E-state index in [0.717, 1.165) is 18.4 Å². The van der Waals surface area contributed by atoms with E-state index in [4.69, 9.17) is 0 Å². The van der Waals surface area contributed by atoms with Crippen molar-refractivity contribution in [2.45, 2.75) is 58.0 Å². The lowest BCUT2D eigenvalue weighted by molar-refractivity contribution is -0.121. The van der Waals surface area contributed by atoms with Gasteiger partial charge in [-0.2, -0.15) is 0 Å². The topological polar surface area (TPSA) is 41.1 Å². The van der Waals surface area contributed by atoms with Crippen LogP contribution in [0, 0.1) is 11.8 Å². The number of amides is 1. The van der Waals surface area contributed by atoms with Crippen molar-refractivity contribution in [2.24, 2.45) is 11.8 Å². The molecular weight excluding hydrogens is 200 g/mol. The van der Waals surface area contributed by atoms with Crippen molar-refractivity contribution in [3.63, 3.8) is 0 Å². The highest BCUT2D eigenvalue weighted by molar-refractivity contribution is 5.76. The predicted molar refractivity (Wildman–Crippen MR) is 65.1 cm³/mol. The highest BCUT2D eigenvalue weighted by Gasteiger charge is 2.38. The summed E-state index contributed by atoms with van der Waals surface area (Å²) in [6, 6.07) is 0.959. The molecule has 0 aromatic carbocycles. The van der Waals surface area contributed by atoms with Crippen molar-refractivity contribution in [1.82, 2.24) is 10.6 Å². The fourth-order valence-corrected chi connectivity index (χ4v) is 3.26. The maximum atomic E-state index is 11.4. The van der Waals surface area contributed by atoms with Gasteiger partial charge in [0.15, 0.2) is 0 Å². The summed E-state index contributed by atoms with van der Waals surface area (Å²) in [6.45, 7) is 4.84. The molecule has 92 valence electrons. The number of carbonyl (C=O) groups is 1. The third-order valence-electron chi connectivity index (χ3n) is 3.95. The van der Waals surface area contributed by atoms with Gasteiger partial charge in [-0.05, 0) is 44.9 Å². The summed E-state index contributed by atoms with van der Waals surface area (Å²) >= 11 is 0. The van der Waals surface area contributed by atoms with Crippen molar-refractivity contribution in [3.05, 3.63) is 0 Å². The normalized spacial score (nSPS) is 32.3. The summed E-state index contributed by atoms with van der Waals surface area (Å²) in [6.07, 6.45) is 6.23. The summed E-state index contributed by atoms with van der Waals surface area (Å²) < 4.78 is 0. The third kappa shape index (κ3) is 2.97. The van der Waals surface area contributed by atoms with Gasteiger partial charge in [0.2, 0.25) is 5.91 Å². The molecule has 0 heterocycles. The molecule has 3 heteroatoms. The Kier molecular flexibility index (Phi) is 3.85. The van der Waals surface area contributed by atoms with Gasteiger partial charge in [0, 0.05) is 25.0 Å². The Hall–Kier alpha value is -0.570. The zero-order valence-corrected chi connectivity index (χ0v) is 10.5. The summed E-state index contributed by atoms with van der Waals surface area (Å²) in [7, 11) is 0. The molecule has 0 spiro atoms. The Bertz CT molecular complexity index is 252. The van der Waals surface area contributed by atoms with E-state index in [1.54, 1.807) is 0 Å². The summed E-state index contributed by atoms with van der Waals surface area (Å²) in [4.78, 5) is 11.4. The second kappa shape index (κ2) is 5.17. The molecule has 0 saturated heterocycles. The first kappa shape index (κ1) is 11.9. The van der Waals surface area contributed by atoms with E-state index >= 15 is 0 Å². The van der Waals surface area contributed by atoms with Gasteiger partial charge in [-0.3, -0.25) is 4.79 Å². The smallest absolute Gasteiger partial charge is 0.221 e. The second-order valence-electron chi connectivity index (χ2n) is 5.71. The van der Waals surface area contributed by atoms with E-state index in [-0.39, 0.29) is 11.9 Å². The van der Waals surface area contributed by atoms with E-state index in [2.05, 4.69) is 10.6 Å². The van der Waals surface area contributed by atoms with Gasteiger partial charge in [0.25, 0.3) is 0 Å². The minimum absolute atomic E-state index is 0.172. The van der Waals surface area contributed by atoms with Crippen LogP contribution in [0.1, 0.15) is 46.0 Å². The minimum atomic E-state index is 0.172. The maximum absolute atomic E-state index is 11.4. The predicted octanol–water partition coefficient (Wildman–Crippen LogP) is 1.68. The van der Waals surface area contributed by atoms with E-state index in [9.17, 15) is 4.79 Å². The fraction of sp³-hybridized carbons (Fsp3) is 0.923. The van der Waals surface area contributed by atoms with Crippen molar-refractivity contribution in [3.8, 4) is 0 Å². The number of rotatable bonds is 5. The van der Waals surface area contributed by atoms with Crippen LogP contribution >= 0.6 is 0 Å². The summed E-state index contributed by atoms with van der Waals surface area (Å²) in [5, 5.41) is 6.48. The molecule has 3 unspecified atom stereocenters. The van der Waals surface area contributed by atoms with E-state index in [1.165, 1.54) is 25.7 Å². The lowest BCUT2D eigenvalue weighted by Gasteiger charge is -2.22. The van der Waals surface area contributed by atoms with Crippen LogP contribution in [0.4, 0.5) is 0 Å². The Balaban J connectivity index is 1.60. The molecule has 0 aromatic heterocycles. The van der Waals surface area contributed by atoms with Gasteiger partial charge in [0.05, 0.1) is 0 Å². The first-order chi connectivity index (χ1) is 7.65.